The fraction of sp³-hybridized carbons (Fsp3) is 0.143. The van der Waals surface area contributed by atoms with Crippen LogP contribution in [0.25, 0.3) is 0 Å². The molecule has 0 spiro atoms. The summed E-state index contributed by atoms with van der Waals surface area (Å²) in [4.78, 5) is 12.0. The number of ketones is 1. The third-order valence-electron chi connectivity index (χ3n) is 2.66. The first-order valence-electron chi connectivity index (χ1n) is 5.26. The number of carbonyl (C=O) groups is 1. The molecule has 0 aromatic heterocycles. The van der Waals surface area contributed by atoms with Gasteiger partial charge in [0.25, 0.3) is 0 Å². The van der Waals surface area contributed by atoms with E-state index in [1.54, 1.807) is 42.5 Å². The highest BCUT2D eigenvalue weighted by molar-refractivity contribution is 6.00. The van der Waals surface area contributed by atoms with Crippen molar-refractivity contribution in [3.8, 4) is 6.07 Å². The molecule has 1 aromatic rings. The number of allylic oxidation sites excluding steroid dienone is 2. The van der Waals surface area contributed by atoms with E-state index >= 15 is 0 Å². The van der Waals surface area contributed by atoms with E-state index in [0.717, 1.165) is 0 Å². The van der Waals surface area contributed by atoms with Gasteiger partial charge in [-0.15, -0.1) is 0 Å². The van der Waals surface area contributed by atoms with Crippen LogP contribution in [0.1, 0.15) is 10.4 Å². The minimum Gasteiger partial charge on any atom is -0.369 e. The lowest BCUT2D eigenvalue weighted by Gasteiger charge is -2.17. The summed E-state index contributed by atoms with van der Waals surface area (Å²) in [5.41, 5.74) is -0.956. The van der Waals surface area contributed by atoms with Crippen LogP contribution >= 0.6 is 0 Å². The Hall–Kier alpha value is -2.18. The maximum Gasteiger partial charge on any atom is 0.188 e. The van der Waals surface area contributed by atoms with E-state index in [1.807, 2.05) is 6.07 Å². The van der Waals surface area contributed by atoms with E-state index in [9.17, 15) is 9.90 Å². The number of nitrogens with zero attached hydrogens (tertiary/aromatic N) is 1. The van der Waals surface area contributed by atoms with Crippen molar-refractivity contribution in [3.05, 3.63) is 60.2 Å². The lowest BCUT2D eigenvalue weighted by Crippen LogP contribution is -2.25. The van der Waals surface area contributed by atoms with Crippen LogP contribution in [0.4, 0.5) is 0 Å². The quantitative estimate of drug-likeness (QED) is 0.475. The number of rotatable bonds is 2. The molecular weight excluding hydrogens is 214 g/mol. The summed E-state index contributed by atoms with van der Waals surface area (Å²) in [6.45, 7) is 0. The molecule has 1 aliphatic rings. The van der Waals surface area contributed by atoms with Gasteiger partial charge in [0, 0.05) is 5.56 Å². The monoisotopic (exact) mass is 225 g/mol. The molecule has 1 aliphatic carbocycles. The number of carbonyl (C=O) groups excluding carboxylic acids is 1. The van der Waals surface area contributed by atoms with Gasteiger partial charge in [-0.25, -0.2) is 0 Å². The van der Waals surface area contributed by atoms with Crippen molar-refractivity contribution in [1.82, 2.24) is 0 Å². The van der Waals surface area contributed by atoms with E-state index in [2.05, 4.69) is 0 Å². The minimum atomic E-state index is -1.58. The van der Waals surface area contributed by atoms with Crippen LogP contribution in [-0.4, -0.2) is 16.5 Å². The van der Waals surface area contributed by atoms with E-state index < -0.39 is 11.5 Å². The highest BCUT2D eigenvalue weighted by atomic mass is 16.3. The third kappa shape index (κ3) is 2.32. The van der Waals surface area contributed by atoms with Gasteiger partial charge in [-0.1, -0.05) is 42.5 Å². The van der Waals surface area contributed by atoms with Crippen LogP contribution in [0.2, 0.25) is 0 Å². The molecule has 1 aromatic carbocycles. The molecule has 3 nitrogen and oxygen atoms in total. The van der Waals surface area contributed by atoms with Crippen LogP contribution in [0.3, 0.4) is 0 Å². The van der Waals surface area contributed by atoms with E-state index in [4.69, 9.17) is 5.26 Å². The second-order valence-corrected chi connectivity index (χ2v) is 3.91. The van der Waals surface area contributed by atoms with Crippen LogP contribution in [-0.2, 0) is 0 Å². The number of hydrogen-bond donors (Lipinski definition) is 1. The Morgan fingerprint density at radius 3 is 2.35 bits per heavy atom. The molecule has 2 rings (SSSR count). The van der Waals surface area contributed by atoms with Gasteiger partial charge in [-0.05, 0) is 12.2 Å². The molecular formula is C14H11NO2. The van der Waals surface area contributed by atoms with Gasteiger partial charge in [-0.3, -0.25) is 4.79 Å². The molecule has 0 aliphatic heterocycles. The molecule has 3 heteroatoms. The zero-order valence-corrected chi connectivity index (χ0v) is 9.08. The van der Waals surface area contributed by atoms with Crippen LogP contribution < -0.4 is 0 Å². The van der Waals surface area contributed by atoms with Gasteiger partial charge in [0.1, 0.15) is 6.07 Å². The summed E-state index contributed by atoms with van der Waals surface area (Å²) in [6.07, 6.45) is 5.80. The molecule has 0 radical (unpaired) electrons. The average molecular weight is 225 g/mol. The molecule has 0 bridgehead atoms. The Bertz CT molecular complexity index is 509. The second-order valence-electron chi connectivity index (χ2n) is 3.91. The highest BCUT2D eigenvalue weighted by Gasteiger charge is 2.25. The summed E-state index contributed by atoms with van der Waals surface area (Å²) < 4.78 is 0. The summed E-state index contributed by atoms with van der Waals surface area (Å²) in [5, 5.41) is 18.3. The van der Waals surface area contributed by atoms with Crippen molar-refractivity contribution < 1.29 is 9.90 Å². The van der Waals surface area contributed by atoms with Crippen molar-refractivity contribution in [1.29, 1.82) is 5.26 Å². The smallest absolute Gasteiger partial charge is 0.188 e. The zero-order valence-electron chi connectivity index (χ0n) is 9.08. The number of benzene rings is 1. The molecule has 0 saturated heterocycles. The number of nitriles is 1. The standard InChI is InChI=1S/C14H11NO2/c15-10-14(17)8-6-12(7-9-14)13(16)11-4-2-1-3-5-11/h1-9,12,17H. The molecule has 0 amide bonds. The van der Waals surface area contributed by atoms with Crippen LogP contribution in [0, 0.1) is 17.2 Å². The Labute approximate surface area is 99.3 Å². The Morgan fingerprint density at radius 2 is 1.82 bits per heavy atom. The summed E-state index contributed by atoms with van der Waals surface area (Å²) in [6, 6.07) is 10.7. The predicted octanol–water partition coefficient (Wildman–Crippen LogP) is 1.87. The lowest BCUT2D eigenvalue weighted by atomic mass is 9.89. The number of Topliss-reactive ketones (excluding diaryl/α,β-unsaturated/α-hetero) is 1. The van der Waals surface area contributed by atoms with Crippen molar-refractivity contribution in [2.24, 2.45) is 5.92 Å². The third-order valence-corrected chi connectivity index (χ3v) is 2.66. The summed E-state index contributed by atoms with van der Waals surface area (Å²) >= 11 is 0. The van der Waals surface area contributed by atoms with E-state index in [1.165, 1.54) is 12.2 Å². The molecule has 0 unspecified atom stereocenters. The number of aliphatic hydroxyl groups is 1. The first-order valence-corrected chi connectivity index (χ1v) is 5.26. The highest BCUT2D eigenvalue weighted by Crippen LogP contribution is 2.21. The van der Waals surface area contributed by atoms with Gasteiger partial charge in [0.2, 0.25) is 0 Å². The molecule has 0 saturated carbocycles. The summed E-state index contributed by atoms with van der Waals surface area (Å²) in [5.74, 6) is -0.455. The van der Waals surface area contributed by atoms with Crippen LogP contribution in [0.15, 0.2) is 54.6 Å². The van der Waals surface area contributed by atoms with Gasteiger partial charge < -0.3 is 5.11 Å². The van der Waals surface area contributed by atoms with Crippen molar-refractivity contribution in [2.45, 2.75) is 5.60 Å². The number of hydrogen-bond acceptors (Lipinski definition) is 3. The topological polar surface area (TPSA) is 61.1 Å². The summed E-state index contributed by atoms with van der Waals surface area (Å²) in [7, 11) is 0. The van der Waals surface area contributed by atoms with Gasteiger partial charge in [-0.2, -0.15) is 5.26 Å². The van der Waals surface area contributed by atoms with Crippen molar-refractivity contribution in [2.75, 3.05) is 0 Å². The first kappa shape index (κ1) is 11.3. The van der Waals surface area contributed by atoms with Crippen LogP contribution in [0.5, 0.6) is 0 Å². The van der Waals surface area contributed by atoms with Gasteiger partial charge in [0.15, 0.2) is 11.4 Å². The fourth-order valence-electron chi connectivity index (χ4n) is 1.66. The van der Waals surface area contributed by atoms with Gasteiger partial charge >= 0.3 is 0 Å². The Kier molecular flexibility index (Phi) is 2.90. The van der Waals surface area contributed by atoms with E-state index in [0.29, 0.717) is 5.56 Å². The zero-order chi connectivity index (χ0) is 12.3. The Morgan fingerprint density at radius 1 is 1.24 bits per heavy atom. The van der Waals surface area contributed by atoms with Crippen molar-refractivity contribution >= 4 is 5.78 Å². The first-order chi connectivity index (χ1) is 8.14. The van der Waals surface area contributed by atoms with Crippen molar-refractivity contribution in [3.63, 3.8) is 0 Å². The molecule has 17 heavy (non-hydrogen) atoms. The maximum absolute atomic E-state index is 12.0. The SMILES string of the molecule is N#CC1(O)C=CC(C(=O)c2ccccc2)C=C1. The molecule has 0 atom stereocenters. The fourth-order valence-corrected chi connectivity index (χ4v) is 1.66. The predicted molar refractivity (Wildman–Crippen MR) is 63.1 cm³/mol. The normalized spacial score (nSPS) is 26.5. The molecule has 84 valence electrons. The second kappa shape index (κ2) is 4.36. The van der Waals surface area contributed by atoms with E-state index in [-0.39, 0.29) is 5.78 Å². The van der Waals surface area contributed by atoms with Gasteiger partial charge in [0.05, 0.1) is 5.92 Å². The maximum atomic E-state index is 12.0. The molecule has 0 fully saturated rings. The average Bonchev–Trinajstić information content (AvgIpc) is 2.40. The molecule has 0 heterocycles. The minimum absolute atomic E-state index is 0.0434. The molecule has 1 N–H and O–H groups in total. The Balaban J connectivity index is 2.19. The largest absolute Gasteiger partial charge is 0.369 e. The lowest BCUT2D eigenvalue weighted by molar-refractivity contribution is 0.0961.